The van der Waals surface area contributed by atoms with Gasteiger partial charge in [-0.3, -0.25) is 10.5 Å². The molecule has 7 heteroatoms. The third kappa shape index (κ3) is 8.30. The van der Waals surface area contributed by atoms with Gasteiger partial charge in [0.1, 0.15) is 24.6 Å². The lowest BCUT2D eigenvalue weighted by atomic mass is 10.1. The first kappa shape index (κ1) is 17.6. The van der Waals surface area contributed by atoms with Gasteiger partial charge in [-0.25, -0.2) is 9.13 Å². The number of rotatable bonds is 6. The number of aromatic nitrogens is 2. The molecule has 7 N–H and O–H groups in total. The normalized spacial score (nSPS) is 13.3. The van der Waals surface area contributed by atoms with Gasteiger partial charge < -0.3 is 16.6 Å². The van der Waals surface area contributed by atoms with Crippen molar-refractivity contribution in [2.75, 3.05) is 6.54 Å². The van der Waals surface area contributed by atoms with Crippen LogP contribution in [0.1, 0.15) is 32.4 Å². The quantitative estimate of drug-likeness (QED) is 0.403. The van der Waals surface area contributed by atoms with Gasteiger partial charge in [-0.05, 0) is 26.3 Å². The van der Waals surface area contributed by atoms with Crippen molar-refractivity contribution in [3.63, 3.8) is 0 Å². The second kappa shape index (κ2) is 9.48. The maximum atomic E-state index is 10.1. The van der Waals surface area contributed by atoms with Crippen LogP contribution in [0, 0.1) is 0 Å². The van der Waals surface area contributed by atoms with Gasteiger partial charge in [0.2, 0.25) is 6.33 Å². The zero-order valence-electron chi connectivity index (χ0n) is 11.7. The zero-order chi connectivity index (χ0) is 14.8. The summed E-state index contributed by atoms with van der Waals surface area (Å²) >= 11 is 0. The molecule has 0 fully saturated rings. The highest BCUT2D eigenvalue weighted by molar-refractivity contribution is 5.72. The first-order chi connectivity index (χ1) is 8.88. The van der Waals surface area contributed by atoms with Crippen molar-refractivity contribution in [1.82, 2.24) is 4.57 Å². The Labute approximate surface area is 114 Å². The standard InChI is InChI=1S/C6H12N3.C6H14N2O2/c1-6(7)9-4-3-8(2)5-9;7-4-2-1-3-5(8)6(9)10/h3-6H,7H2,1-2H3;5H,1-4,7-8H2,(H,9,10)/q+1;/t;5-/m.0/s1. The topological polar surface area (TPSA) is 124 Å². The van der Waals surface area contributed by atoms with Crippen LogP contribution >= 0.6 is 0 Å². The number of aliphatic carboxylic acids is 1. The Bertz CT molecular complexity index is 365. The number of unbranched alkanes of at least 4 members (excludes halogenated alkanes) is 1. The van der Waals surface area contributed by atoms with Crippen LogP contribution in [0.2, 0.25) is 0 Å². The van der Waals surface area contributed by atoms with Gasteiger partial charge in [-0.15, -0.1) is 0 Å². The molecule has 0 aliphatic rings. The molecule has 7 nitrogen and oxygen atoms in total. The van der Waals surface area contributed by atoms with Crippen LogP contribution < -0.4 is 21.8 Å². The third-order valence-corrected chi connectivity index (χ3v) is 2.55. The molecule has 0 saturated carbocycles. The van der Waals surface area contributed by atoms with Crippen molar-refractivity contribution < 1.29 is 14.5 Å². The largest absolute Gasteiger partial charge is 0.480 e. The van der Waals surface area contributed by atoms with E-state index < -0.39 is 12.0 Å². The first-order valence-corrected chi connectivity index (χ1v) is 6.35. The van der Waals surface area contributed by atoms with Crippen molar-refractivity contribution in [2.45, 2.75) is 38.4 Å². The van der Waals surface area contributed by atoms with E-state index in [1.165, 1.54) is 0 Å². The lowest BCUT2D eigenvalue weighted by Crippen LogP contribution is -2.40. The molecule has 0 aromatic carbocycles. The summed E-state index contributed by atoms with van der Waals surface area (Å²) in [7, 11) is 1.97. The molecule has 1 aromatic heterocycles. The molecule has 0 radical (unpaired) electrons. The van der Waals surface area contributed by atoms with Gasteiger partial charge in [0, 0.05) is 0 Å². The number of hydrogen-bond donors (Lipinski definition) is 4. The van der Waals surface area contributed by atoms with Crippen molar-refractivity contribution in [3.8, 4) is 0 Å². The minimum Gasteiger partial charge on any atom is -0.480 e. The van der Waals surface area contributed by atoms with E-state index >= 15 is 0 Å². The summed E-state index contributed by atoms with van der Waals surface area (Å²) in [6.07, 6.45) is 8.10. The van der Waals surface area contributed by atoms with Crippen LogP contribution in [0.5, 0.6) is 0 Å². The van der Waals surface area contributed by atoms with Crippen molar-refractivity contribution in [3.05, 3.63) is 18.7 Å². The van der Waals surface area contributed by atoms with Crippen LogP contribution in [0.15, 0.2) is 18.7 Å². The average Bonchev–Trinajstić information content (AvgIpc) is 2.77. The molecule has 0 aliphatic heterocycles. The van der Waals surface area contributed by atoms with E-state index in [1.54, 1.807) is 0 Å². The molecular weight excluding hydrogens is 246 g/mol. The molecule has 1 unspecified atom stereocenters. The van der Waals surface area contributed by atoms with E-state index in [0.29, 0.717) is 13.0 Å². The molecule has 0 saturated heterocycles. The summed E-state index contributed by atoms with van der Waals surface area (Å²) in [5, 5.41) is 8.33. The number of aryl methyl sites for hydroxylation is 1. The molecular formula is C12H26N5O2+. The van der Waals surface area contributed by atoms with Crippen LogP contribution in [-0.2, 0) is 11.8 Å². The molecule has 110 valence electrons. The number of carboxylic acid groups (broad SMARTS) is 1. The van der Waals surface area contributed by atoms with Crippen molar-refractivity contribution in [1.29, 1.82) is 0 Å². The Morgan fingerprint density at radius 2 is 2.05 bits per heavy atom. The monoisotopic (exact) mass is 272 g/mol. The number of nitrogens with two attached hydrogens (primary N) is 3. The SMILES string of the molecule is CC(N)[n+]1ccn(C)c1.NCCCC[C@H](N)C(=O)O. The Morgan fingerprint density at radius 3 is 2.37 bits per heavy atom. The minimum absolute atomic E-state index is 0.0752. The van der Waals surface area contributed by atoms with Gasteiger partial charge in [-0.1, -0.05) is 6.42 Å². The van der Waals surface area contributed by atoms with Crippen molar-refractivity contribution in [2.24, 2.45) is 24.2 Å². The van der Waals surface area contributed by atoms with Gasteiger partial charge in [0.25, 0.3) is 0 Å². The Balaban J connectivity index is 0.000000342. The van der Waals surface area contributed by atoms with E-state index in [1.807, 2.05) is 41.8 Å². The fourth-order valence-corrected chi connectivity index (χ4v) is 1.34. The predicted octanol–water partition coefficient (Wildman–Crippen LogP) is -0.683. The first-order valence-electron chi connectivity index (χ1n) is 6.35. The second-order valence-electron chi connectivity index (χ2n) is 4.50. The maximum Gasteiger partial charge on any atom is 0.320 e. The highest BCUT2D eigenvalue weighted by Gasteiger charge is 2.09. The third-order valence-electron chi connectivity index (χ3n) is 2.55. The Kier molecular flexibility index (Phi) is 8.77. The number of carboxylic acids is 1. The van der Waals surface area contributed by atoms with Crippen LogP contribution in [0.3, 0.4) is 0 Å². The van der Waals surface area contributed by atoms with Crippen LogP contribution in [0.25, 0.3) is 0 Å². The highest BCUT2D eigenvalue weighted by atomic mass is 16.4. The Morgan fingerprint density at radius 1 is 1.42 bits per heavy atom. The molecule has 1 rings (SSSR count). The maximum absolute atomic E-state index is 10.1. The van der Waals surface area contributed by atoms with E-state index in [2.05, 4.69) is 0 Å². The molecule has 19 heavy (non-hydrogen) atoms. The minimum atomic E-state index is -0.933. The van der Waals surface area contributed by atoms with E-state index in [9.17, 15) is 4.79 Å². The number of hydrogen-bond acceptors (Lipinski definition) is 4. The fraction of sp³-hybridized carbons (Fsp3) is 0.667. The Hall–Kier alpha value is -1.44. The molecule has 1 heterocycles. The number of imidazole rings is 1. The second-order valence-corrected chi connectivity index (χ2v) is 4.50. The summed E-state index contributed by atoms with van der Waals surface area (Å²) in [6, 6.07) is -0.716. The summed E-state index contributed by atoms with van der Waals surface area (Å²) in [5.74, 6) is -0.933. The molecule has 0 bridgehead atoms. The van der Waals surface area contributed by atoms with Crippen molar-refractivity contribution >= 4 is 5.97 Å². The molecule has 1 aromatic rings. The van der Waals surface area contributed by atoms with Crippen LogP contribution in [-0.4, -0.2) is 28.2 Å². The van der Waals surface area contributed by atoms with Gasteiger partial charge in [-0.2, -0.15) is 0 Å². The zero-order valence-corrected chi connectivity index (χ0v) is 11.7. The predicted molar refractivity (Wildman–Crippen MR) is 73.0 cm³/mol. The average molecular weight is 272 g/mol. The summed E-state index contributed by atoms with van der Waals surface area (Å²) < 4.78 is 3.91. The van der Waals surface area contributed by atoms with Gasteiger partial charge >= 0.3 is 5.97 Å². The van der Waals surface area contributed by atoms with Gasteiger partial charge in [0.15, 0.2) is 0 Å². The lowest BCUT2D eigenvalue weighted by molar-refractivity contribution is -0.718. The molecule has 0 spiro atoms. The highest BCUT2D eigenvalue weighted by Crippen LogP contribution is 1.96. The number of carbonyl (C=O) groups is 1. The van der Waals surface area contributed by atoms with Crippen LogP contribution in [0.4, 0.5) is 0 Å². The van der Waals surface area contributed by atoms with Gasteiger partial charge in [0.05, 0.1) is 7.05 Å². The number of nitrogens with zero attached hydrogens (tertiary/aromatic N) is 2. The summed E-state index contributed by atoms with van der Waals surface area (Å²) in [6.45, 7) is 2.55. The van der Waals surface area contributed by atoms with E-state index in [0.717, 1.165) is 12.8 Å². The molecule has 0 aliphatic carbocycles. The summed E-state index contributed by atoms with van der Waals surface area (Å²) in [5.41, 5.74) is 16.0. The summed E-state index contributed by atoms with van der Waals surface area (Å²) in [4.78, 5) is 10.1. The van der Waals surface area contributed by atoms with E-state index in [-0.39, 0.29) is 6.17 Å². The fourth-order valence-electron chi connectivity index (χ4n) is 1.34. The smallest absolute Gasteiger partial charge is 0.320 e. The molecule has 0 amide bonds. The van der Waals surface area contributed by atoms with E-state index in [4.69, 9.17) is 22.3 Å². The lowest BCUT2D eigenvalue weighted by Gasteiger charge is -2.03. The molecule has 2 atom stereocenters.